The molecule has 142 valence electrons. The lowest BCUT2D eigenvalue weighted by atomic mass is 9.81. The van der Waals surface area contributed by atoms with E-state index in [1.54, 1.807) is 24.3 Å². The number of para-hydroxylation sites is 2. The summed E-state index contributed by atoms with van der Waals surface area (Å²) >= 11 is 0. The molecule has 0 unspecified atom stereocenters. The second-order valence-corrected chi connectivity index (χ2v) is 6.35. The van der Waals surface area contributed by atoms with Crippen LogP contribution in [-0.2, 0) is 10.3 Å². The topological polar surface area (TPSA) is 76.7 Å². The summed E-state index contributed by atoms with van der Waals surface area (Å²) in [7, 11) is 0. The number of hydrogen-bond acceptors (Lipinski definition) is 4. The molecule has 3 amide bonds. The van der Waals surface area contributed by atoms with Gasteiger partial charge in [-0.25, -0.2) is 4.79 Å². The Kier molecular flexibility index (Phi) is 5.64. The molecular formula is C21H24N2O4. The minimum Gasteiger partial charge on any atom is -0.493 e. The molecule has 2 N–H and O–H groups in total. The van der Waals surface area contributed by atoms with E-state index < -0.39 is 17.5 Å². The van der Waals surface area contributed by atoms with Gasteiger partial charge in [0.15, 0.2) is 5.54 Å². The Morgan fingerprint density at radius 2 is 1.30 bits per heavy atom. The van der Waals surface area contributed by atoms with Gasteiger partial charge < -0.3 is 14.8 Å². The van der Waals surface area contributed by atoms with Crippen molar-refractivity contribution in [2.24, 2.45) is 0 Å². The van der Waals surface area contributed by atoms with Crippen LogP contribution in [0.3, 0.4) is 0 Å². The number of nitrogens with one attached hydrogen (secondary N) is 2. The fourth-order valence-corrected chi connectivity index (χ4v) is 3.21. The Morgan fingerprint density at radius 1 is 0.815 bits per heavy atom. The molecule has 1 fully saturated rings. The van der Waals surface area contributed by atoms with Gasteiger partial charge in [0, 0.05) is 11.1 Å². The van der Waals surface area contributed by atoms with Crippen LogP contribution in [0.4, 0.5) is 4.79 Å². The third-order valence-electron chi connectivity index (χ3n) is 4.37. The highest BCUT2D eigenvalue weighted by Crippen LogP contribution is 2.42. The Hall–Kier alpha value is -3.02. The maximum atomic E-state index is 13.1. The van der Waals surface area contributed by atoms with E-state index in [1.807, 2.05) is 38.1 Å². The quantitative estimate of drug-likeness (QED) is 0.701. The van der Waals surface area contributed by atoms with Crippen LogP contribution in [0.1, 0.15) is 37.8 Å². The van der Waals surface area contributed by atoms with Gasteiger partial charge >= 0.3 is 6.03 Å². The summed E-state index contributed by atoms with van der Waals surface area (Å²) < 4.78 is 11.8. The van der Waals surface area contributed by atoms with E-state index in [9.17, 15) is 9.59 Å². The summed E-state index contributed by atoms with van der Waals surface area (Å²) in [6.45, 7) is 5.04. The molecule has 1 saturated heterocycles. The molecule has 6 heteroatoms. The molecule has 0 atom stereocenters. The van der Waals surface area contributed by atoms with E-state index in [0.29, 0.717) is 35.8 Å². The molecule has 0 radical (unpaired) electrons. The van der Waals surface area contributed by atoms with E-state index >= 15 is 0 Å². The standard InChI is InChI=1S/C21H24N2O4/c1-3-13-26-17-11-7-5-9-15(17)21(19(24)22-20(25)23-21)16-10-6-8-12-18(16)27-14-4-2/h5-12H,3-4,13-14H2,1-2H3,(H2,22,23,24,25). The largest absolute Gasteiger partial charge is 0.493 e. The number of ether oxygens (including phenoxy) is 2. The van der Waals surface area contributed by atoms with Crippen LogP contribution in [0, 0.1) is 0 Å². The molecule has 0 spiro atoms. The fourth-order valence-electron chi connectivity index (χ4n) is 3.21. The molecule has 2 aromatic rings. The van der Waals surface area contributed by atoms with Crippen LogP contribution in [0.25, 0.3) is 0 Å². The first-order chi connectivity index (χ1) is 13.1. The van der Waals surface area contributed by atoms with Gasteiger partial charge in [0.1, 0.15) is 11.5 Å². The van der Waals surface area contributed by atoms with Crippen LogP contribution in [0.15, 0.2) is 48.5 Å². The van der Waals surface area contributed by atoms with Crippen molar-refractivity contribution in [1.82, 2.24) is 10.6 Å². The van der Waals surface area contributed by atoms with Gasteiger partial charge in [-0.2, -0.15) is 0 Å². The summed E-state index contributed by atoms with van der Waals surface area (Å²) in [5.74, 6) is 0.664. The first-order valence-electron chi connectivity index (χ1n) is 9.21. The lowest BCUT2D eigenvalue weighted by molar-refractivity contribution is -0.123. The molecular weight excluding hydrogens is 344 g/mol. The second kappa shape index (κ2) is 8.12. The molecule has 2 aromatic carbocycles. The lowest BCUT2D eigenvalue weighted by Gasteiger charge is -2.30. The van der Waals surface area contributed by atoms with Crippen LogP contribution in [0.5, 0.6) is 11.5 Å². The van der Waals surface area contributed by atoms with Crippen LogP contribution >= 0.6 is 0 Å². The van der Waals surface area contributed by atoms with Gasteiger partial charge in [0.05, 0.1) is 13.2 Å². The highest BCUT2D eigenvalue weighted by molar-refractivity contribution is 6.10. The SMILES string of the molecule is CCCOc1ccccc1C1(c2ccccc2OCCC)NC(=O)NC1=O. The van der Waals surface area contributed by atoms with Crippen molar-refractivity contribution in [2.45, 2.75) is 32.2 Å². The highest BCUT2D eigenvalue weighted by atomic mass is 16.5. The molecule has 1 aliphatic heterocycles. The van der Waals surface area contributed by atoms with Crippen LogP contribution < -0.4 is 20.1 Å². The molecule has 1 aliphatic rings. The maximum absolute atomic E-state index is 13.1. The summed E-state index contributed by atoms with van der Waals surface area (Å²) in [6.07, 6.45) is 1.66. The monoisotopic (exact) mass is 368 g/mol. The van der Waals surface area contributed by atoms with E-state index in [2.05, 4.69) is 10.6 Å². The maximum Gasteiger partial charge on any atom is 0.322 e. The van der Waals surface area contributed by atoms with E-state index in [4.69, 9.17) is 9.47 Å². The zero-order valence-electron chi connectivity index (χ0n) is 15.6. The van der Waals surface area contributed by atoms with Gasteiger partial charge in [0.25, 0.3) is 5.91 Å². The number of benzene rings is 2. The second-order valence-electron chi connectivity index (χ2n) is 6.35. The third-order valence-corrected chi connectivity index (χ3v) is 4.37. The number of rotatable bonds is 8. The number of urea groups is 1. The average Bonchev–Trinajstić information content (AvgIpc) is 2.99. The molecule has 6 nitrogen and oxygen atoms in total. The van der Waals surface area contributed by atoms with Crippen molar-refractivity contribution in [3.8, 4) is 11.5 Å². The third kappa shape index (κ3) is 3.47. The smallest absolute Gasteiger partial charge is 0.322 e. The zero-order valence-corrected chi connectivity index (χ0v) is 15.6. The van der Waals surface area contributed by atoms with Crippen LogP contribution in [0.2, 0.25) is 0 Å². The predicted octanol–water partition coefficient (Wildman–Crippen LogP) is 3.35. The number of imide groups is 1. The number of hydrogen-bond donors (Lipinski definition) is 2. The minimum absolute atomic E-state index is 0.451. The van der Waals surface area contributed by atoms with Gasteiger partial charge in [0.2, 0.25) is 0 Å². The summed E-state index contributed by atoms with van der Waals surface area (Å²) in [5, 5.41) is 5.20. The predicted molar refractivity (Wildman–Crippen MR) is 102 cm³/mol. The van der Waals surface area contributed by atoms with Gasteiger partial charge in [-0.3, -0.25) is 10.1 Å². The lowest BCUT2D eigenvalue weighted by Crippen LogP contribution is -2.45. The summed E-state index contributed by atoms with van der Waals surface area (Å²) in [6, 6.07) is 14.0. The number of carbonyl (C=O) groups is 2. The average molecular weight is 368 g/mol. The normalized spacial score (nSPS) is 15.2. The summed E-state index contributed by atoms with van der Waals surface area (Å²) in [5.41, 5.74) is -0.255. The molecule has 0 aliphatic carbocycles. The van der Waals surface area contributed by atoms with E-state index in [0.717, 1.165) is 12.8 Å². The van der Waals surface area contributed by atoms with Gasteiger partial charge in [-0.15, -0.1) is 0 Å². The zero-order chi connectivity index (χ0) is 19.3. The number of carbonyl (C=O) groups excluding carboxylic acids is 2. The van der Waals surface area contributed by atoms with E-state index in [-0.39, 0.29) is 0 Å². The summed E-state index contributed by atoms with van der Waals surface area (Å²) in [4.78, 5) is 25.2. The highest BCUT2D eigenvalue weighted by Gasteiger charge is 2.52. The minimum atomic E-state index is -1.41. The first kappa shape index (κ1) is 18.8. The van der Waals surface area contributed by atoms with Crippen LogP contribution in [-0.4, -0.2) is 25.2 Å². The van der Waals surface area contributed by atoms with Crippen molar-refractivity contribution in [1.29, 1.82) is 0 Å². The fraction of sp³-hybridized carbons (Fsp3) is 0.333. The molecule has 1 heterocycles. The Labute approximate surface area is 158 Å². The van der Waals surface area contributed by atoms with Crippen molar-refractivity contribution < 1.29 is 19.1 Å². The van der Waals surface area contributed by atoms with Gasteiger partial charge in [-0.1, -0.05) is 50.2 Å². The molecule has 0 saturated carbocycles. The number of amides is 3. The van der Waals surface area contributed by atoms with E-state index in [1.165, 1.54) is 0 Å². The molecule has 0 bridgehead atoms. The van der Waals surface area contributed by atoms with Gasteiger partial charge in [-0.05, 0) is 25.0 Å². The van der Waals surface area contributed by atoms with Crippen molar-refractivity contribution >= 4 is 11.9 Å². The first-order valence-corrected chi connectivity index (χ1v) is 9.21. The Balaban J connectivity index is 2.20. The molecule has 27 heavy (non-hydrogen) atoms. The Bertz CT molecular complexity index is 783. The van der Waals surface area contributed by atoms with Crippen molar-refractivity contribution in [3.63, 3.8) is 0 Å². The van der Waals surface area contributed by atoms with Crippen molar-refractivity contribution in [2.75, 3.05) is 13.2 Å². The Morgan fingerprint density at radius 3 is 1.70 bits per heavy atom. The van der Waals surface area contributed by atoms with Crippen molar-refractivity contribution in [3.05, 3.63) is 59.7 Å². The molecule has 0 aromatic heterocycles. The molecule has 3 rings (SSSR count).